The maximum absolute atomic E-state index is 4.52. The molecule has 1 aromatic heterocycles. The van der Waals surface area contributed by atoms with E-state index in [-0.39, 0.29) is 0 Å². The molecule has 1 fully saturated rings. The first-order valence-electron chi connectivity index (χ1n) is 7.05. The van der Waals surface area contributed by atoms with Crippen molar-refractivity contribution < 1.29 is 0 Å². The zero-order valence-corrected chi connectivity index (χ0v) is 12.1. The van der Waals surface area contributed by atoms with E-state index < -0.39 is 0 Å². The van der Waals surface area contributed by atoms with Crippen LogP contribution in [0, 0.1) is 6.92 Å². The van der Waals surface area contributed by atoms with Crippen LogP contribution in [-0.2, 0) is 0 Å². The summed E-state index contributed by atoms with van der Waals surface area (Å²) in [4.78, 5) is 13.6. The van der Waals surface area contributed by atoms with Gasteiger partial charge in [-0.1, -0.05) is 29.8 Å². The lowest BCUT2D eigenvalue weighted by Gasteiger charge is -2.32. The van der Waals surface area contributed by atoms with Crippen LogP contribution in [0.15, 0.2) is 36.7 Å². The lowest BCUT2D eigenvalue weighted by atomic mass is 10.1. The standard InChI is InChI=1S/C16H20N4/c1-13-3-5-14(6-4-13)15-11-17-16(18-12-15)20-9-7-19(2)8-10-20/h3-6,11-12H,7-10H2,1-2H3. The molecule has 0 radical (unpaired) electrons. The maximum Gasteiger partial charge on any atom is 0.225 e. The van der Waals surface area contributed by atoms with Crippen molar-refractivity contribution in [3.8, 4) is 11.1 Å². The highest BCUT2D eigenvalue weighted by molar-refractivity contribution is 5.62. The molecule has 1 aliphatic rings. The molecule has 4 nitrogen and oxygen atoms in total. The summed E-state index contributed by atoms with van der Waals surface area (Å²) in [5.41, 5.74) is 3.51. The van der Waals surface area contributed by atoms with Crippen molar-refractivity contribution in [3.63, 3.8) is 0 Å². The first-order chi connectivity index (χ1) is 9.72. The van der Waals surface area contributed by atoms with Gasteiger partial charge in [-0.2, -0.15) is 0 Å². The molecule has 0 bridgehead atoms. The molecule has 0 spiro atoms. The third-order valence-corrected chi connectivity index (χ3v) is 3.81. The Bertz CT molecular complexity index is 554. The Hall–Kier alpha value is -1.94. The Morgan fingerprint density at radius 2 is 1.45 bits per heavy atom. The van der Waals surface area contributed by atoms with Crippen LogP contribution in [0.5, 0.6) is 0 Å². The fourth-order valence-electron chi connectivity index (χ4n) is 2.39. The molecule has 2 heterocycles. The number of benzene rings is 1. The summed E-state index contributed by atoms with van der Waals surface area (Å²) in [5.74, 6) is 0.842. The van der Waals surface area contributed by atoms with Crippen molar-refractivity contribution in [2.45, 2.75) is 6.92 Å². The zero-order valence-electron chi connectivity index (χ0n) is 12.1. The summed E-state index contributed by atoms with van der Waals surface area (Å²) >= 11 is 0. The molecule has 0 saturated carbocycles. The number of piperazine rings is 1. The molecule has 4 heteroatoms. The molecule has 3 rings (SSSR count). The largest absolute Gasteiger partial charge is 0.338 e. The van der Waals surface area contributed by atoms with Crippen LogP contribution >= 0.6 is 0 Å². The predicted molar refractivity (Wildman–Crippen MR) is 81.9 cm³/mol. The highest BCUT2D eigenvalue weighted by Gasteiger charge is 2.16. The number of hydrogen-bond donors (Lipinski definition) is 0. The second kappa shape index (κ2) is 5.59. The summed E-state index contributed by atoms with van der Waals surface area (Å²) in [6, 6.07) is 8.46. The molecule has 1 aliphatic heterocycles. The topological polar surface area (TPSA) is 32.3 Å². The molecule has 0 unspecified atom stereocenters. The number of nitrogens with zero attached hydrogens (tertiary/aromatic N) is 4. The lowest BCUT2D eigenvalue weighted by Crippen LogP contribution is -2.45. The van der Waals surface area contributed by atoms with Gasteiger partial charge in [0.15, 0.2) is 0 Å². The van der Waals surface area contributed by atoms with E-state index >= 15 is 0 Å². The van der Waals surface area contributed by atoms with Gasteiger partial charge in [-0.25, -0.2) is 9.97 Å². The minimum Gasteiger partial charge on any atom is -0.338 e. The molecule has 0 aliphatic carbocycles. The molecule has 104 valence electrons. The van der Waals surface area contributed by atoms with Crippen LogP contribution in [0.4, 0.5) is 5.95 Å². The summed E-state index contributed by atoms with van der Waals surface area (Å²) in [7, 11) is 2.15. The Morgan fingerprint density at radius 1 is 0.850 bits per heavy atom. The average Bonchev–Trinajstić information content (AvgIpc) is 2.49. The molecule has 0 N–H and O–H groups in total. The molecule has 1 saturated heterocycles. The van der Waals surface area contributed by atoms with Gasteiger partial charge in [0, 0.05) is 44.1 Å². The number of hydrogen-bond acceptors (Lipinski definition) is 4. The van der Waals surface area contributed by atoms with E-state index in [2.05, 4.69) is 58.0 Å². The van der Waals surface area contributed by atoms with Crippen molar-refractivity contribution in [1.29, 1.82) is 0 Å². The van der Waals surface area contributed by atoms with Gasteiger partial charge >= 0.3 is 0 Å². The van der Waals surface area contributed by atoms with Gasteiger partial charge in [-0.3, -0.25) is 0 Å². The Balaban J connectivity index is 1.76. The van der Waals surface area contributed by atoms with Crippen molar-refractivity contribution in [3.05, 3.63) is 42.2 Å². The fourth-order valence-corrected chi connectivity index (χ4v) is 2.39. The van der Waals surface area contributed by atoms with E-state index in [9.17, 15) is 0 Å². The molecular weight excluding hydrogens is 248 g/mol. The highest BCUT2D eigenvalue weighted by Crippen LogP contribution is 2.19. The summed E-state index contributed by atoms with van der Waals surface area (Å²) in [6.45, 7) is 6.24. The van der Waals surface area contributed by atoms with Gasteiger partial charge in [0.2, 0.25) is 5.95 Å². The predicted octanol–water partition coefficient (Wildman–Crippen LogP) is 2.20. The van der Waals surface area contributed by atoms with Gasteiger partial charge in [0.05, 0.1) is 0 Å². The third-order valence-electron chi connectivity index (χ3n) is 3.81. The number of aromatic nitrogens is 2. The first-order valence-corrected chi connectivity index (χ1v) is 7.05. The molecule has 0 amide bonds. The Labute approximate surface area is 120 Å². The summed E-state index contributed by atoms with van der Waals surface area (Å²) in [5, 5.41) is 0. The van der Waals surface area contributed by atoms with E-state index in [0.717, 1.165) is 37.7 Å². The zero-order chi connectivity index (χ0) is 13.9. The van der Waals surface area contributed by atoms with Crippen molar-refractivity contribution in [1.82, 2.24) is 14.9 Å². The van der Waals surface area contributed by atoms with Crippen LogP contribution in [0.3, 0.4) is 0 Å². The van der Waals surface area contributed by atoms with E-state index in [1.165, 1.54) is 11.1 Å². The molecule has 0 atom stereocenters. The maximum atomic E-state index is 4.52. The number of anilines is 1. The van der Waals surface area contributed by atoms with E-state index in [0.29, 0.717) is 0 Å². The lowest BCUT2D eigenvalue weighted by molar-refractivity contribution is 0.311. The normalized spacial score (nSPS) is 16.4. The Kier molecular flexibility index (Phi) is 3.65. The molecular formula is C16H20N4. The van der Waals surface area contributed by atoms with E-state index in [1.807, 2.05) is 12.4 Å². The number of rotatable bonds is 2. The highest BCUT2D eigenvalue weighted by atomic mass is 15.3. The van der Waals surface area contributed by atoms with E-state index in [4.69, 9.17) is 0 Å². The second-order valence-corrected chi connectivity index (χ2v) is 5.43. The SMILES string of the molecule is Cc1ccc(-c2cnc(N3CCN(C)CC3)nc2)cc1. The van der Waals surface area contributed by atoms with Gasteiger partial charge in [0.25, 0.3) is 0 Å². The van der Waals surface area contributed by atoms with Gasteiger partial charge in [-0.05, 0) is 19.5 Å². The quantitative estimate of drug-likeness (QED) is 0.836. The van der Waals surface area contributed by atoms with Crippen molar-refractivity contribution >= 4 is 5.95 Å². The first kappa shape index (κ1) is 13.1. The van der Waals surface area contributed by atoms with Crippen LogP contribution < -0.4 is 4.90 Å². The van der Waals surface area contributed by atoms with Gasteiger partial charge in [0.1, 0.15) is 0 Å². The molecule has 2 aromatic rings. The number of likely N-dealkylation sites (N-methyl/N-ethyl adjacent to an activating group) is 1. The monoisotopic (exact) mass is 268 g/mol. The van der Waals surface area contributed by atoms with E-state index in [1.54, 1.807) is 0 Å². The number of aryl methyl sites for hydroxylation is 1. The van der Waals surface area contributed by atoms with Crippen LogP contribution in [0.1, 0.15) is 5.56 Å². The van der Waals surface area contributed by atoms with Crippen LogP contribution in [-0.4, -0.2) is 48.1 Å². The smallest absolute Gasteiger partial charge is 0.225 e. The Morgan fingerprint density at radius 3 is 2.05 bits per heavy atom. The minimum atomic E-state index is 0.842. The van der Waals surface area contributed by atoms with Gasteiger partial charge < -0.3 is 9.80 Å². The summed E-state index contributed by atoms with van der Waals surface area (Å²) < 4.78 is 0. The van der Waals surface area contributed by atoms with Crippen LogP contribution in [0.2, 0.25) is 0 Å². The fraction of sp³-hybridized carbons (Fsp3) is 0.375. The molecule has 1 aromatic carbocycles. The average molecular weight is 268 g/mol. The third kappa shape index (κ3) is 2.80. The van der Waals surface area contributed by atoms with Crippen molar-refractivity contribution in [2.24, 2.45) is 0 Å². The molecule has 20 heavy (non-hydrogen) atoms. The minimum absolute atomic E-state index is 0.842. The van der Waals surface area contributed by atoms with Gasteiger partial charge in [-0.15, -0.1) is 0 Å². The summed E-state index contributed by atoms with van der Waals surface area (Å²) in [6.07, 6.45) is 3.84. The van der Waals surface area contributed by atoms with Crippen molar-refractivity contribution in [2.75, 3.05) is 38.1 Å². The second-order valence-electron chi connectivity index (χ2n) is 5.43. The van der Waals surface area contributed by atoms with Crippen LogP contribution in [0.25, 0.3) is 11.1 Å².